The van der Waals surface area contributed by atoms with Gasteiger partial charge in [-0.3, -0.25) is 0 Å². The van der Waals surface area contributed by atoms with Crippen LogP contribution in [0, 0.1) is 12.7 Å². The van der Waals surface area contributed by atoms with Gasteiger partial charge in [0.2, 0.25) is 0 Å². The predicted molar refractivity (Wildman–Crippen MR) is 119 cm³/mol. The van der Waals surface area contributed by atoms with Gasteiger partial charge in [-0.2, -0.15) is 4.36 Å². The normalized spacial score (nSPS) is 15.5. The summed E-state index contributed by atoms with van der Waals surface area (Å²) in [6, 6.07) is 8.10. The maximum atomic E-state index is 13.9. The van der Waals surface area contributed by atoms with Crippen LogP contribution in [0.1, 0.15) is 31.7 Å². The summed E-state index contributed by atoms with van der Waals surface area (Å²) in [5.74, 6) is 0.703. The van der Waals surface area contributed by atoms with E-state index in [1.165, 1.54) is 18.5 Å². The largest absolute Gasteiger partial charge is 0.485 e. The summed E-state index contributed by atoms with van der Waals surface area (Å²) in [7, 11) is -2.28. The van der Waals surface area contributed by atoms with Gasteiger partial charge >= 0.3 is 0 Å². The predicted octanol–water partition coefficient (Wildman–Crippen LogP) is 5.50. The molecule has 1 N–H and O–H groups in total. The second-order valence-electron chi connectivity index (χ2n) is 8.32. The first-order valence-corrected chi connectivity index (χ1v) is 12.1. The molecular formula is C22H25FN4O2S. The number of aryl methyl sites for hydroxylation is 1. The zero-order valence-electron chi connectivity index (χ0n) is 17.5. The topological polar surface area (TPSA) is 76.5 Å². The molecule has 0 amide bonds. The van der Waals surface area contributed by atoms with Crippen molar-refractivity contribution in [3.8, 4) is 5.75 Å². The first-order valence-electron chi connectivity index (χ1n) is 9.80. The molecule has 1 aliphatic rings. The highest BCUT2D eigenvalue weighted by Gasteiger charge is 2.34. The summed E-state index contributed by atoms with van der Waals surface area (Å²) in [6.45, 7) is 3.97. The third kappa shape index (κ3) is 4.38. The van der Waals surface area contributed by atoms with E-state index in [-0.39, 0.29) is 11.4 Å². The van der Waals surface area contributed by atoms with Gasteiger partial charge in [0.25, 0.3) is 0 Å². The van der Waals surface area contributed by atoms with Gasteiger partial charge in [-0.1, -0.05) is 0 Å². The Balaban J connectivity index is 1.75. The Labute approximate surface area is 176 Å². The van der Waals surface area contributed by atoms with Crippen molar-refractivity contribution in [2.24, 2.45) is 4.36 Å². The Bertz CT molecular complexity index is 1240. The number of fused-ring (bicyclic) bond motifs is 1. The first-order chi connectivity index (χ1) is 14.1. The monoisotopic (exact) mass is 428 g/mol. The highest BCUT2D eigenvalue weighted by molar-refractivity contribution is 7.92. The van der Waals surface area contributed by atoms with E-state index in [1.54, 1.807) is 24.6 Å². The van der Waals surface area contributed by atoms with Gasteiger partial charge in [0.15, 0.2) is 0 Å². The smallest absolute Gasteiger partial charge is 0.146 e. The van der Waals surface area contributed by atoms with E-state index in [2.05, 4.69) is 19.6 Å². The van der Waals surface area contributed by atoms with E-state index in [1.807, 2.05) is 19.9 Å². The number of anilines is 2. The molecule has 2 aromatic carbocycles. The number of ether oxygens (including phenoxy) is 1. The minimum Gasteiger partial charge on any atom is -0.485 e. The molecule has 1 saturated carbocycles. The molecule has 1 heterocycles. The number of hydrogen-bond donors (Lipinski definition) is 1. The fourth-order valence-corrected chi connectivity index (χ4v) is 4.24. The SMILES string of the molecule is Cc1cc(N=S(C)(C)=O)cc2ncnc(Nc3ccc(F)cc3OC3(C)CCC3)c12. The number of halogens is 1. The Kier molecular flexibility index (Phi) is 5.13. The van der Waals surface area contributed by atoms with Crippen molar-refractivity contribution in [2.75, 3.05) is 17.8 Å². The van der Waals surface area contributed by atoms with E-state index < -0.39 is 9.73 Å². The molecule has 6 nitrogen and oxygen atoms in total. The maximum absolute atomic E-state index is 13.9. The van der Waals surface area contributed by atoms with E-state index >= 15 is 0 Å². The van der Waals surface area contributed by atoms with Gasteiger partial charge in [-0.05, 0) is 62.9 Å². The lowest BCUT2D eigenvalue weighted by Crippen LogP contribution is -2.39. The summed E-state index contributed by atoms with van der Waals surface area (Å²) in [4.78, 5) is 8.76. The molecule has 158 valence electrons. The average molecular weight is 429 g/mol. The molecule has 0 spiro atoms. The van der Waals surface area contributed by atoms with Gasteiger partial charge in [0, 0.05) is 33.7 Å². The average Bonchev–Trinajstić information content (AvgIpc) is 2.61. The van der Waals surface area contributed by atoms with Gasteiger partial charge in [-0.25, -0.2) is 18.6 Å². The van der Waals surface area contributed by atoms with Gasteiger partial charge in [0.05, 0.1) is 16.9 Å². The van der Waals surface area contributed by atoms with Crippen molar-refractivity contribution in [3.05, 3.63) is 48.0 Å². The lowest BCUT2D eigenvalue weighted by atomic mass is 9.82. The standard InChI is InChI=1S/C22H25FN4O2S/c1-14-10-16(27-30(3,4)28)12-18-20(14)21(25-13-24-18)26-17-7-6-15(23)11-19(17)29-22(2)8-5-9-22/h6-7,10-13H,5,8-9H2,1-4H3,(H,24,25,26). The molecule has 1 fully saturated rings. The second kappa shape index (κ2) is 7.50. The lowest BCUT2D eigenvalue weighted by molar-refractivity contribution is 0.0117. The molecule has 0 unspecified atom stereocenters. The maximum Gasteiger partial charge on any atom is 0.146 e. The fraction of sp³-hybridized carbons (Fsp3) is 0.364. The van der Waals surface area contributed by atoms with Crippen LogP contribution >= 0.6 is 0 Å². The number of nitrogens with zero attached hydrogens (tertiary/aromatic N) is 3. The molecule has 8 heteroatoms. The highest BCUT2D eigenvalue weighted by atomic mass is 32.2. The second-order valence-corrected chi connectivity index (χ2v) is 10.9. The fourth-order valence-electron chi connectivity index (χ4n) is 3.63. The van der Waals surface area contributed by atoms with Crippen LogP contribution in [-0.4, -0.2) is 32.3 Å². The van der Waals surface area contributed by atoms with Crippen molar-refractivity contribution < 1.29 is 13.3 Å². The van der Waals surface area contributed by atoms with Crippen LogP contribution in [0.25, 0.3) is 10.9 Å². The minimum absolute atomic E-state index is 0.266. The molecule has 1 aliphatic carbocycles. The number of aromatic nitrogens is 2. The van der Waals surface area contributed by atoms with Crippen LogP contribution in [0.2, 0.25) is 0 Å². The number of benzene rings is 2. The molecule has 1 aromatic heterocycles. The van der Waals surface area contributed by atoms with Crippen LogP contribution in [0.3, 0.4) is 0 Å². The van der Waals surface area contributed by atoms with Gasteiger partial charge in [0.1, 0.15) is 29.3 Å². The summed E-state index contributed by atoms with van der Waals surface area (Å²) in [6.07, 6.45) is 7.65. The van der Waals surface area contributed by atoms with Crippen molar-refractivity contribution in [1.82, 2.24) is 9.97 Å². The zero-order chi connectivity index (χ0) is 21.5. The summed E-state index contributed by atoms with van der Waals surface area (Å²) < 4.78 is 36.4. The molecule has 0 atom stereocenters. The van der Waals surface area contributed by atoms with Gasteiger partial charge < -0.3 is 10.1 Å². The molecule has 0 saturated heterocycles. The number of hydrogen-bond acceptors (Lipinski definition) is 6. The van der Waals surface area contributed by atoms with Crippen molar-refractivity contribution in [2.45, 2.75) is 38.7 Å². The molecule has 0 aliphatic heterocycles. The number of nitrogens with one attached hydrogen (secondary N) is 1. The zero-order valence-corrected chi connectivity index (χ0v) is 18.3. The Morgan fingerprint density at radius 2 is 1.97 bits per heavy atom. The summed E-state index contributed by atoms with van der Waals surface area (Å²) in [5.41, 5.74) is 2.57. The highest BCUT2D eigenvalue weighted by Crippen LogP contribution is 2.40. The van der Waals surface area contributed by atoms with Crippen LogP contribution in [0.5, 0.6) is 5.75 Å². The molecule has 0 radical (unpaired) electrons. The van der Waals surface area contributed by atoms with Crippen molar-refractivity contribution in [3.63, 3.8) is 0 Å². The quantitative estimate of drug-likeness (QED) is 0.580. The van der Waals surface area contributed by atoms with Crippen LogP contribution < -0.4 is 10.1 Å². The van der Waals surface area contributed by atoms with E-state index in [4.69, 9.17) is 4.74 Å². The molecule has 0 bridgehead atoms. The van der Waals surface area contributed by atoms with E-state index in [9.17, 15) is 8.60 Å². The molecule has 3 aromatic rings. The molecule has 30 heavy (non-hydrogen) atoms. The van der Waals surface area contributed by atoms with Crippen LogP contribution in [0.15, 0.2) is 41.0 Å². The van der Waals surface area contributed by atoms with Crippen molar-refractivity contribution >= 4 is 37.8 Å². The van der Waals surface area contributed by atoms with Crippen LogP contribution in [0.4, 0.5) is 21.6 Å². The van der Waals surface area contributed by atoms with E-state index in [0.717, 1.165) is 30.2 Å². The van der Waals surface area contributed by atoms with Crippen LogP contribution in [-0.2, 0) is 9.73 Å². The van der Waals surface area contributed by atoms with E-state index in [0.29, 0.717) is 28.5 Å². The summed E-state index contributed by atoms with van der Waals surface area (Å²) >= 11 is 0. The summed E-state index contributed by atoms with van der Waals surface area (Å²) in [5, 5.41) is 4.11. The third-order valence-corrected chi connectivity index (χ3v) is 5.86. The number of rotatable bonds is 5. The Morgan fingerprint density at radius 1 is 1.20 bits per heavy atom. The Hall–Kier alpha value is -2.74. The first kappa shape index (κ1) is 20.5. The lowest BCUT2D eigenvalue weighted by Gasteiger charge is -2.39. The third-order valence-electron chi connectivity index (χ3n) is 5.21. The van der Waals surface area contributed by atoms with Gasteiger partial charge in [-0.15, -0.1) is 0 Å². The molecule has 4 rings (SSSR count). The minimum atomic E-state index is -2.28. The van der Waals surface area contributed by atoms with Crippen molar-refractivity contribution in [1.29, 1.82) is 0 Å². The molecular weight excluding hydrogens is 403 g/mol. The Morgan fingerprint density at radius 3 is 2.63 bits per heavy atom.